The fourth-order valence-corrected chi connectivity index (χ4v) is 13.5. The largest absolute Gasteiger partial charge is 0.504 e. The van der Waals surface area contributed by atoms with Gasteiger partial charge in [-0.1, -0.05) is 49.3 Å². The van der Waals surface area contributed by atoms with Crippen molar-refractivity contribution < 1.29 is 74.0 Å². The van der Waals surface area contributed by atoms with Gasteiger partial charge in [-0.2, -0.15) is 0 Å². The Labute approximate surface area is 567 Å². The van der Waals surface area contributed by atoms with Gasteiger partial charge < -0.3 is 93.2 Å². The zero-order chi connectivity index (χ0) is 65.2. The van der Waals surface area contributed by atoms with E-state index in [1.807, 2.05) is 12.1 Å². The number of benzene rings is 3. The fraction of sp³-hybridized carbons (Fsp3) is 0.565. The maximum absolute atomic E-state index is 14.7. The first-order valence-electron chi connectivity index (χ1n) is 31.2. The summed E-state index contributed by atoms with van der Waals surface area (Å²) in [5.41, 5.74) is 14.4. The van der Waals surface area contributed by atoms with E-state index in [-0.39, 0.29) is 92.5 Å². The molecule has 4 saturated heterocycles. The number of aromatic nitrogens is 2. The minimum Gasteiger partial charge on any atom is -0.504 e. The molecule has 5 fully saturated rings. The first-order chi connectivity index (χ1) is 43.6. The molecule has 7 amide bonds. The number of aromatic hydroxyl groups is 1. The third-order valence-corrected chi connectivity index (χ3v) is 18.7. The lowest BCUT2D eigenvalue weighted by Crippen LogP contribution is -2.64. The molecule has 0 unspecified atom stereocenters. The van der Waals surface area contributed by atoms with E-state index in [0.29, 0.717) is 15.6 Å². The summed E-state index contributed by atoms with van der Waals surface area (Å²) >= 11 is 1.35. The van der Waals surface area contributed by atoms with Crippen LogP contribution in [-0.4, -0.2) is 247 Å². The van der Waals surface area contributed by atoms with Crippen LogP contribution in [0.5, 0.6) is 11.5 Å². The Morgan fingerprint density at radius 1 is 0.723 bits per heavy atom. The molecule has 32 heteroatoms. The lowest BCUT2D eigenvalue weighted by molar-refractivity contribution is -0.147. The molecular weight excluding hydrogens is 1310 g/mol. The molecule has 0 bridgehead atoms. The number of nitrogens with zero attached hydrogens (tertiary/aromatic N) is 6. The number of fused-ring (bicyclic) bond motifs is 2. The third kappa shape index (κ3) is 18.7. The number of phenolic OH excluding ortho intramolecular Hbond substituents is 1. The number of hydrogen-bond donors (Lipinski definition) is 14. The lowest BCUT2D eigenvalue weighted by atomic mass is 9.98. The van der Waals surface area contributed by atoms with Gasteiger partial charge in [0, 0.05) is 106 Å². The average Bonchev–Trinajstić information content (AvgIpc) is 1.59. The van der Waals surface area contributed by atoms with E-state index < -0.39 is 152 Å². The monoisotopic (exact) mass is 1390 g/mol. The molecular formula is C62H88Cl3N13O15S. The zero-order valence-electron chi connectivity index (χ0n) is 52.2. The van der Waals surface area contributed by atoms with Crippen LogP contribution in [0.15, 0.2) is 66.7 Å². The zero-order valence-corrected chi connectivity index (χ0v) is 55.5. The van der Waals surface area contributed by atoms with Gasteiger partial charge in [-0.05, 0) is 92.7 Å². The highest BCUT2D eigenvalue weighted by Gasteiger charge is 2.50. The molecule has 4 aliphatic heterocycles. The second-order valence-electron chi connectivity index (χ2n) is 24.5. The molecule has 518 valence electrons. The van der Waals surface area contributed by atoms with Crippen LogP contribution in [-0.2, 0) is 35.2 Å². The Bertz CT molecular complexity index is 3200. The number of carbonyl (C=O) groups is 7. The van der Waals surface area contributed by atoms with E-state index in [0.717, 1.165) is 60.1 Å². The van der Waals surface area contributed by atoms with E-state index >= 15 is 0 Å². The summed E-state index contributed by atoms with van der Waals surface area (Å²) in [5.74, 6) is -7.78. The number of β-amino-alcohol motifs (C(OH)–C–C–N with tert-alkyl or cyclic N) is 1. The topological polar surface area (TPSA) is 421 Å². The Balaban J connectivity index is 0.00000467. The molecule has 0 spiro atoms. The fourth-order valence-electron chi connectivity index (χ4n) is 12.6. The molecule has 5 aliphatic rings. The minimum absolute atomic E-state index is 0. The molecule has 9 rings (SSSR count). The molecule has 13 atom stereocenters. The second-order valence-corrected chi connectivity index (χ2v) is 25.5. The Kier molecular flexibility index (Phi) is 28.4. The predicted molar refractivity (Wildman–Crippen MR) is 354 cm³/mol. The lowest BCUT2D eigenvalue weighted by Gasteiger charge is -2.37. The number of phenols is 1. The van der Waals surface area contributed by atoms with Gasteiger partial charge in [-0.15, -0.1) is 47.4 Å². The summed E-state index contributed by atoms with van der Waals surface area (Å²) in [6.45, 7) is 6.27. The quantitative estimate of drug-likeness (QED) is 0.0590. The van der Waals surface area contributed by atoms with Gasteiger partial charge in [0.1, 0.15) is 52.9 Å². The Morgan fingerprint density at radius 3 is 1.97 bits per heavy atom. The number of aliphatic hydroxyl groups is 6. The summed E-state index contributed by atoms with van der Waals surface area (Å²) in [5, 5.41) is 102. The Hall–Kier alpha value is -6.58. The predicted octanol–water partition coefficient (Wildman–Crippen LogP) is -1.21. The van der Waals surface area contributed by atoms with E-state index in [1.54, 1.807) is 12.1 Å². The van der Waals surface area contributed by atoms with Crippen molar-refractivity contribution in [1.82, 2.24) is 51.5 Å². The van der Waals surface area contributed by atoms with Crippen LogP contribution in [0, 0.1) is 11.8 Å². The van der Waals surface area contributed by atoms with E-state index in [2.05, 4.69) is 58.7 Å². The third-order valence-electron chi connectivity index (χ3n) is 17.7. The number of piperazine rings is 1. The molecule has 94 heavy (non-hydrogen) atoms. The number of nitrogens with two attached hydrogens (primary N) is 2. The SMILES string of the molecule is C[C@@H](O)[C@@H]1NC(=O)[C@@H](NC(=O)c2ccc(-c3nnc(-c4ccc(N5CCN(CC6CCCC6)CC5)cc4)s3)cc2)C[C@@H](O)CNC(=O)[C@@H]2[C@@H](O)[C@@H](C)CN2C(=O)[C@H]([C@H](O)CCN)NC(=O)[C@H]([C@H](O)Cc2ccc(O)c(OCCN)c2)NC(=O)[C@@H]2C[C@@H](O)CN2C1=O.Cl.Cl.Cl. The summed E-state index contributed by atoms with van der Waals surface area (Å²) in [6, 6.07) is 7.57. The maximum Gasteiger partial charge on any atom is 0.251 e. The van der Waals surface area contributed by atoms with E-state index in [9.17, 15) is 69.3 Å². The van der Waals surface area contributed by atoms with Crippen molar-refractivity contribution >= 4 is 95.6 Å². The summed E-state index contributed by atoms with van der Waals surface area (Å²) in [6.07, 6.45) is -6.47. The van der Waals surface area contributed by atoms with Crippen molar-refractivity contribution in [1.29, 1.82) is 0 Å². The van der Waals surface area contributed by atoms with Crippen LogP contribution in [0.3, 0.4) is 0 Å². The molecule has 3 aromatic carbocycles. The molecule has 4 aromatic rings. The number of ether oxygens (including phenoxy) is 1. The van der Waals surface area contributed by atoms with Crippen LogP contribution in [0.2, 0.25) is 0 Å². The molecule has 16 N–H and O–H groups in total. The molecule has 28 nitrogen and oxygen atoms in total. The molecule has 1 aliphatic carbocycles. The van der Waals surface area contributed by atoms with Crippen LogP contribution >= 0.6 is 48.6 Å². The van der Waals surface area contributed by atoms with Crippen molar-refractivity contribution in [3.8, 4) is 32.6 Å². The van der Waals surface area contributed by atoms with Crippen LogP contribution < -0.4 is 47.7 Å². The van der Waals surface area contributed by atoms with Crippen molar-refractivity contribution in [2.45, 2.75) is 138 Å². The normalized spacial score (nSPS) is 26.3. The first kappa shape index (κ1) is 76.4. The number of aliphatic hydroxyl groups excluding tert-OH is 6. The van der Waals surface area contributed by atoms with Crippen LogP contribution in [0.4, 0.5) is 5.69 Å². The number of anilines is 1. The highest BCUT2D eigenvalue weighted by Crippen LogP contribution is 2.34. The smallest absolute Gasteiger partial charge is 0.251 e. The highest BCUT2D eigenvalue weighted by molar-refractivity contribution is 7.17. The van der Waals surface area contributed by atoms with Gasteiger partial charge in [0.15, 0.2) is 11.5 Å². The average molecular weight is 1390 g/mol. The summed E-state index contributed by atoms with van der Waals surface area (Å²) in [7, 11) is 0. The van der Waals surface area contributed by atoms with E-state index in [1.165, 1.54) is 80.8 Å². The van der Waals surface area contributed by atoms with Crippen molar-refractivity contribution in [2.24, 2.45) is 23.3 Å². The number of amides is 7. The van der Waals surface area contributed by atoms with Crippen LogP contribution in [0.25, 0.3) is 21.1 Å². The second kappa shape index (κ2) is 34.9. The van der Waals surface area contributed by atoms with E-state index in [4.69, 9.17) is 16.2 Å². The standard InChI is InChI=1S/C62H85N13O15S.3ClH/c1-33-30-75-52(53(33)82)58(87)65-29-41(77)27-43(66-54(83)37-8-10-38(11-9-37)59-70-71-60(91-59)39-12-14-40(15-13-39)73-22-20-72(21-23-73)31-35-5-3-4-6-35)55(84)67-49(34(2)76)61(88)74-32-42(78)28-44(74)56(85)68-50(57(86)69-51(62(75)89)46(80)17-18-63)47(81)25-36-7-16-45(79)48(26-36)90-24-19-64;;;/h7-16,26,33-35,41-44,46-47,49-53,76-82H,3-6,17-25,27-32,63-64H2,1-2H3,(H,65,87)(H,66,83)(H,67,84)(H,68,85)(H,69,86);3*1H/t33-,34+,41+,42+,43-,44-,46+,47+,49-,50-,51-,52-,53-;;;/m0.../s1. The number of halogens is 3. The minimum atomic E-state index is -2.04. The maximum atomic E-state index is 14.7. The number of nitrogens with one attached hydrogen (secondary N) is 5. The van der Waals surface area contributed by atoms with Gasteiger partial charge in [0.25, 0.3) is 5.91 Å². The van der Waals surface area contributed by atoms with Crippen molar-refractivity contribution in [3.05, 3.63) is 77.9 Å². The molecule has 1 aromatic heterocycles. The molecule has 5 heterocycles. The van der Waals surface area contributed by atoms with Crippen molar-refractivity contribution in [2.75, 3.05) is 77.0 Å². The van der Waals surface area contributed by atoms with Gasteiger partial charge in [-0.3, -0.25) is 38.5 Å². The van der Waals surface area contributed by atoms with Gasteiger partial charge in [0.05, 0.1) is 36.6 Å². The Morgan fingerprint density at radius 2 is 1.34 bits per heavy atom. The van der Waals surface area contributed by atoms with Crippen molar-refractivity contribution in [3.63, 3.8) is 0 Å². The first-order valence-corrected chi connectivity index (χ1v) is 32.0. The number of carbonyl (C=O) groups excluding carboxylic acids is 7. The van der Waals surface area contributed by atoms with Crippen LogP contribution in [0.1, 0.15) is 74.7 Å². The van der Waals surface area contributed by atoms with Gasteiger partial charge in [0.2, 0.25) is 35.4 Å². The number of hydrogen-bond acceptors (Lipinski definition) is 22. The molecule has 1 saturated carbocycles. The summed E-state index contributed by atoms with van der Waals surface area (Å²) in [4.78, 5) is 108. The summed E-state index contributed by atoms with van der Waals surface area (Å²) < 4.78 is 5.52. The van der Waals surface area contributed by atoms with Gasteiger partial charge >= 0.3 is 0 Å². The highest BCUT2D eigenvalue weighted by atomic mass is 35.5. The molecule has 0 radical (unpaired) electrons. The van der Waals surface area contributed by atoms with Gasteiger partial charge in [-0.25, -0.2) is 0 Å². The number of rotatable bonds is 17.